The van der Waals surface area contributed by atoms with Crippen LogP contribution in [0.1, 0.15) is 48.0 Å². The van der Waals surface area contributed by atoms with Gasteiger partial charge in [0, 0.05) is 17.6 Å². The van der Waals surface area contributed by atoms with Crippen LogP contribution in [0.4, 0.5) is 0 Å². The molecule has 7 heteroatoms. The number of hydrogen-bond acceptors (Lipinski definition) is 5. The summed E-state index contributed by atoms with van der Waals surface area (Å²) in [6, 6.07) is 11.8. The molecular formula is C25H27ClN2O4. The predicted octanol–water partition coefficient (Wildman–Crippen LogP) is 4.73. The number of amides is 1. The van der Waals surface area contributed by atoms with E-state index in [1.165, 1.54) is 0 Å². The first-order valence-electron chi connectivity index (χ1n) is 10.9. The van der Waals surface area contributed by atoms with Crippen molar-refractivity contribution in [1.29, 1.82) is 0 Å². The third kappa shape index (κ3) is 4.00. The summed E-state index contributed by atoms with van der Waals surface area (Å²) in [5.74, 6) is 0.392. The van der Waals surface area contributed by atoms with Gasteiger partial charge in [0.05, 0.1) is 24.1 Å². The Balaban J connectivity index is 1.81. The Morgan fingerprint density at radius 1 is 1.12 bits per heavy atom. The molecule has 6 nitrogen and oxygen atoms in total. The molecule has 168 valence electrons. The average molecular weight is 455 g/mol. The van der Waals surface area contributed by atoms with E-state index in [9.17, 15) is 9.59 Å². The lowest BCUT2D eigenvalue weighted by Gasteiger charge is -2.26. The first-order valence-corrected chi connectivity index (χ1v) is 11.3. The van der Waals surface area contributed by atoms with Crippen molar-refractivity contribution in [3.05, 3.63) is 74.6 Å². The SMILES string of the molecule is CCN(CC)CCCN1C(=O)c2oc3cc(OC)ccc3c(=O)c2C1c1cccc(Cl)c1. The lowest BCUT2D eigenvalue weighted by molar-refractivity contribution is 0.0720. The molecule has 1 amide bonds. The Morgan fingerprint density at radius 2 is 1.91 bits per heavy atom. The number of fused-ring (bicyclic) bond motifs is 2. The van der Waals surface area contributed by atoms with Gasteiger partial charge in [0.1, 0.15) is 11.3 Å². The minimum absolute atomic E-state index is 0.101. The van der Waals surface area contributed by atoms with Gasteiger partial charge in [-0.1, -0.05) is 37.6 Å². The van der Waals surface area contributed by atoms with Gasteiger partial charge in [0.25, 0.3) is 5.91 Å². The molecular weight excluding hydrogens is 428 g/mol. The molecule has 3 aromatic rings. The minimum atomic E-state index is -0.532. The van der Waals surface area contributed by atoms with Crippen LogP contribution in [0.25, 0.3) is 11.0 Å². The molecule has 2 heterocycles. The maximum absolute atomic E-state index is 13.5. The van der Waals surface area contributed by atoms with Crippen LogP contribution in [-0.4, -0.2) is 49.0 Å². The number of nitrogens with zero attached hydrogens (tertiary/aromatic N) is 2. The molecule has 2 aromatic carbocycles. The number of methoxy groups -OCH3 is 1. The fourth-order valence-corrected chi connectivity index (χ4v) is 4.58. The first kappa shape index (κ1) is 22.4. The highest BCUT2D eigenvalue weighted by Gasteiger charge is 2.42. The second kappa shape index (κ2) is 9.35. The van der Waals surface area contributed by atoms with E-state index in [4.69, 9.17) is 20.8 Å². The molecule has 0 saturated carbocycles. The van der Waals surface area contributed by atoms with Gasteiger partial charge in [-0.05, 0) is 55.9 Å². The van der Waals surface area contributed by atoms with Crippen molar-refractivity contribution in [1.82, 2.24) is 9.80 Å². The molecule has 1 aliphatic rings. The zero-order valence-corrected chi connectivity index (χ0v) is 19.3. The number of hydrogen-bond donors (Lipinski definition) is 0. The van der Waals surface area contributed by atoms with E-state index < -0.39 is 6.04 Å². The highest BCUT2D eigenvalue weighted by atomic mass is 35.5. The molecule has 0 saturated heterocycles. The number of rotatable bonds is 8. The Labute approximate surface area is 192 Å². The molecule has 0 radical (unpaired) electrons. The van der Waals surface area contributed by atoms with Crippen molar-refractivity contribution in [2.24, 2.45) is 0 Å². The quantitative estimate of drug-likeness (QED) is 0.492. The third-order valence-corrected chi connectivity index (χ3v) is 6.34. The monoisotopic (exact) mass is 454 g/mol. The smallest absolute Gasteiger partial charge is 0.290 e. The maximum Gasteiger partial charge on any atom is 0.290 e. The normalized spacial score (nSPS) is 15.6. The van der Waals surface area contributed by atoms with E-state index in [1.54, 1.807) is 36.3 Å². The van der Waals surface area contributed by atoms with Crippen LogP contribution in [-0.2, 0) is 0 Å². The second-order valence-corrected chi connectivity index (χ2v) is 8.31. The van der Waals surface area contributed by atoms with Gasteiger partial charge in [-0.3, -0.25) is 9.59 Å². The largest absolute Gasteiger partial charge is 0.497 e. The van der Waals surface area contributed by atoms with E-state index in [1.807, 2.05) is 18.2 Å². The summed E-state index contributed by atoms with van der Waals surface area (Å²) in [7, 11) is 1.55. The van der Waals surface area contributed by atoms with Crippen molar-refractivity contribution in [3.8, 4) is 5.75 Å². The molecule has 0 fully saturated rings. The van der Waals surface area contributed by atoms with E-state index in [2.05, 4.69) is 18.7 Å². The molecule has 1 unspecified atom stereocenters. The molecule has 32 heavy (non-hydrogen) atoms. The van der Waals surface area contributed by atoms with Crippen LogP contribution in [0.5, 0.6) is 5.75 Å². The molecule has 0 bridgehead atoms. The number of ether oxygens (including phenoxy) is 1. The zero-order chi connectivity index (χ0) is 22.8. The molecule has 1 aliphatic heterocycles. The minimum Gasteiger partial charge on any atom is -0.497 e. The summed E-state index contributed by atoms with van der Waals surface area (Å²) in [4.78, 5) is 31.0. The lowest BCUT2D eigenvalue weighted by Crippen LogP contribution is -2.33. The van der Waals surface area contributed by atoms with E-state index >= 15 is 0 Å². The summed E-state index contributed by atoms with van der Waals surface area (Å²) in [5, 5.41) is 0.982. The standard InChI is InChI=1S/C25H27ClN2O4/c1-4-27(5-2)12-7-13-28-22(16-8-6-9-17(26)14-16)21-23(29)19-11-10-18(31-3)15-20(19)32-24(21)25(28)30/h6,8-11,14-15,22H,4-5,7,12-13H2,1-3H3. The number of carbonyl (C=O) groups excluding carboxylic acids is 1. The second-order valence-electron chi connectivity index (χ2n) is 7.87. The third-order valence-electron chi connectivity index (χ3n) is 6.11. The van der Waals surface area contributed by atoms with Gasteiger partial charge >= 0.3 is 0 Å². The van der Waals surface area contributed by atoms with Gasteiger partial charge in [-0.15, -0.1) is 0 Å². The summed E-state index contributed by atoms with van der Waals surface area (Å²) in [6.07, 6.45) is 0.792. The summed E-state index contributed by atoms with van der Waals surface area (Å²) >= 11 is 6.26. The number of carbonyl (C=O) groups is 1. The zero-order valence-electron chi connectivity index (χ0n) is 18.6. The fourth-order valence-electron chi connectivity index (χ4n) is 4.38. The predicted molar refractivity (Wildman–Crippen MR) is 126 cm³/mol. The van der Waals surface area contributed by atoms with Crippen LogP contribution < -0.4 is 10.2 Å². The summed E-state index contributed by atoms with van der Waals surface area (Å²) in [5.41, 5.74) is 1.31. The highest BCUT2D eigenvalue weighted by Crippen LogP contribution is 2.39. The van der Waals surface area contributed by atoms with E-state index in [0.29, 0.717) is 33.8 Å². The van der Waals surface area contributed by atoms with Crippen molar-refractivity contribution in [2.75, 3.05) is 33.3 Å². The van der Waals surface area contributed by atoms with Crippen LogP contribution >= 0.6 is 11.6 Å². The maximum atomic E-state index is 13.5. The fraction of sp³-hybridized carbons (Fsp3) is 0.360. The van der Waals surface area contributed by atoms with E-state index in [0.717, 1.165) is 31.6 Å². The van der Waals surface area contributed by atoms with Crippen molar-refractivity contribution in [2.45, 2.75) is 26.3 Å². The molecule has 1 aromatic heterocycles. The first-order chi connectivity index (χ1) is 15.5. The van der Waals surface area contributed by atoms with Crippen molar-refractivity contribution < 1.29 is 13.9 Å². The van der Waals surface area contributed by atoms with Crippen molar-refractivity contribution >= 4 is 28.5 Å². The van der Waals surface area contributed by atoms with E-state index in [-0.39, 0.29) is 17.1 Å². The Bertz CT molecular complexity index is 1200. The number of halogens is 1. The van der Waals surface area contributed by atoms with Crippen LogP contribution in [0.15, 0.2) is 51.7 Å². The van der Waals surface area contributed by atoms with Gasteiger partial charge in [-0.2, -0.15) is 0 Å². The van der Waals surface area contributed by atoms with Crippen LogP contribution in [0.3, 0.4) is 0 Å². The van der Waals surface area contributed by atoms with Gasteiger partial charge < -0.3 is 19.0 Å². The molecule has 4 rings (SSSR count). The Hall–Kier alpha value is -2.83. The van der Waals surface area contributed by atoms with Crippen molar-refractivity contribution in [3.63, 3.8) is 0 Å². The highest BCUT2D eigenvalue weighted by molar-refractivity contribution is 6.30. The molecule has 1 atom stereocenters. The Morgan fingerprint density at radius 3 is 2.59 bits per heavy atom. The molecule has 0 N–H and O–H groups in total. The van der Waals surface area contributed by atoms with Gasteiger partial charge in [0.2, 0.25) is 5.76 Å². The average Bonchev–Trinajstić information content (AvgIpc) is 3.08. The van der Waals surface area contributed by atoms with Gasteiger partial charge in [-0.25, -0.2) is 0 Å². The Kier molecular flexibility index (Phi) is 6.53. The topological polar surface area (TPSA) is 63.0 Å². The van der Waals surface area contributed by atoms with Crippen LogP contribution in [0, 0.1) is 0 Å². The van der Waals surface area contributed by atoms with Gasteiger partial charge in [0.15, 0.2) is 5.43 Å². The van der Waals surface area contributed by atoms with Crippen LogP contribution in [0.2, 0.25) is 5.02 Å². The number of benzene rings is 2. The summed E-state index contributed by atoms with van der Waals surface area (Å²) in [6.45, 7) is 7.53. The molecule has 0 spiro atoms. The molecule has 0 aliphatic carbocycles. The summed E-state index contributed by atoms with van der Waals surface area (Å²) < 4.78 is 11.3. The lowest BCUT2D eigenvalue weighted by atomic mass is 9.98.